The van der Waals surface area contributed by atoms with Gasteiger partial charge >= 0.3 is 0 Å². The highest BCUT2D eigenvalue weighted by molar-refractivity contribution is 8.07. The largest absolute Gasteiger partial charge is 0.258 e. The van der Waals surface area contributed by atoms with Crippen LogP contribution in [0.2, 0.25) is 0 Å². The molecule has 1 saturated heterocycles. The van der Waals surface area contributed by atoms with Crippen molar-refractivity contribution in [1.82, 2.24) is 0 Å². The minimum atomic E-state index is -0.838. The summed E-state index contributed by atoms with van der Waals surface area (Å²) in [5.74, 6) is 2.23. The Morgan fingerprint density at radius 1 is 1.15 bits per heavy atom. The smallest absolute Gasteiger partial charge is 0.127 e. The van der Waals surface area contributed by atoms with E-state index in [1.165, 1.54) is 0 Å². The fourth-order valence-corrected chi connectivity index (χ4v) is 7.95. The third-order valence-corrected chi connectivity index (χ3v) is 8.51. The summed E-state index contributed by atoms with van der Waals surface area (Å²) in [6.07, 6.45) is 6.36. The van der Waals surface area contributed by atoms with E-state index >= 15 is 0 Å². The molecule has 1 saturated carbocycles. The number of fused-ring (bicyclic) bond motifs is 3. The van der Waals surface area contributed by atoms with Gasteiger partial charge in [0.25, 0.3) is 0 Å². The van der Waals surface area contributed by atoms with E-state index < -0.39 is 21.6 Å². The highest BCUT2D eigenvalue weighted by Crippen LogP contribution is 2.53. The summed E-state index contributed by atoms with van der Waals surface area (Å²) in [6, 6.07) is 0. The van der Waals surface area contributed by atoms with E-state index in [0.29, 0.717) is 23.3 Å². The van der Waals surface area contributed by atoms with Gasteiger partial charge in [-0.3, -0.25) is 8.42 Å². The zero-order valence-electron chi connectivity index (χ0n) is 7.27. The van der Waals surface area contributed by atoms with Gasteiger partial charge in [0, 0.05) is 39.0 Å². The lowest BCUT2D eigenvalue weighted by Gasteiger charge is -2.27. The maximum absolute atomic E-state index is 11.9. The topological polar surface area (TPSA) is 34.1 Å². The van der Waals surface area contributed by atoms with Gasteiger partial charge in [-0.1, -0.05) is 12.2 Å². The molecule has 0 N–H and O–H groups in total. The summed E-state index contributed by atoms with van der Waals surface area (Å²) < 4.78 is 23.4. The van der Waals surface area contributed by atoms with Crippen molar-refractivity contribution in [3.8, 4) is 0 Å². The van der Waals surface area contributed by atoms with Crippen molar-refractivity contribution in [2.45, 2.75) is 16.9 Å². The van der Waals surface area contributed by atoms with Crippen molar-refractivity contribution in [2.75, 3.05) is 11.5 Å². The summed E-state index contributed by atoms with van der Waals surface area (Å²) in [4.78, 5) is 0. The first-order chi connectivity index (χ1) is 6.23. The first-order valence-corrected chi connectivity index (χ1v) is 7.32. The normalized spacial score (nSPS) is 58.2. The van der Waals surface area contributed by atoms with Crippen LogP contribution < -0.4 is 0 Å². The molecular weight excluding hydrogens is 204 g/mol. The van der Waals surface area contributed by atoms with E-state index in [2.05, 4.69) is 12.2 Å². The Hall–Kier alpha value is 0.0400. The molecule has 0 amide bonds. The van der Waals surface area contributed by atoms with Crippen LogP contribution in [0.4, 0.5) is 0 Å². The molecule has 2 fully saturated rings. The lowest BCUT2D eigenvalue weighted by molar-refractivity contribution is 0.596. The summed E-state index contributed by atoms with van der Waals surface area (Å²) in [7, 11) is -1.68. The number of rotatable bonds is 0. The Kier molecular flexibility index (Phi) is 1.63. The molecule has 0 aromatic rings. The maximum Gasteiger partial charge on any atom is 0.127 e. The van der Waals surface area contributed by atoms with Gasteiger partial charge in [0.15, 0.2) is 0 Å². The highest BCUT2D eigenvalue weighted by atomic mass is 32.3. The molecule has 1 aliphatic heterocycles. The maximum atomic E-state index is 11.9. The van der Waals surface area contributed by atoms with Crippen molar-refractivity contribution in [3.63, 3.8) is 0 Å². The Morgan fingerprint density at radius 2 is 1.85 bits per heavy atom. The van der Waals surface area contributed by atoms with E-state index in [0.717, 1.165) is 12.8 Å². The van der Waals surface area contributed by atoms with Crippen LogP contribution in [0.5, 0.6) is 0 Å². The zero-order chi connectivity index (χ0) is 9.05. The van der Waals surface area contributed by atoms with Gasteiger partial charge in [0.2, 0.25) is 0 Å². The number of hydrogen-bond donors (Lipinski definition) is 0. The molecule has 1 heterocycles. The standard InChI is InChI=1S/C9H12O2S2/c10-12-3-4-13(11)9(12)6-7-1-2-8(9)5-7/h1-2,7-8H,3-6H2/t7-,8+,9?,12?,13?/m1/s1. The molecule has 72 valence electrons. The Morgan fingerprint density at radius 3 is 2.31 bits per heavy atom. The third kappa shape index (κ3) is 0.885. The summed E-state index contributed by atoms with van der Waals surface area (Å²) in [5, 5.41) is 0. The highest BCUT2D eigenvalue weighted by Gasteiger charge is 2.59. The Labute approximate surface area is 82.7 Å². The van der Waals surface area contributed by atoms with Crippen LogP contribution in [0.3, 0.4) is 0 Å². The lowest BCUT2D eigenvalue weighted by atomic mass is 10.1. The Bertz CT molecular complexity index is 319. The SMILES string of the molecule is O=S1CCS(=O)C12C[C@@H]1C=C[C@H]2C1. The molecular formula is C9H12O2S2. The predicted octanol–water partition coefficient (Wildman–Crippen LogP) is 0.790. The van der Waals surface area contributed by atoms with Crippen molar-refractivity contribution in [1.29, 1.82) is 0 Å². The van der Waals surface area contributed by atoms with E-state index in [4.69, 9.17) is 0 Å². The molecule has 4 atom stereocenters. The molecule has 3 rings (SSSR count). The second-order valence-electron chi connectivity index (χ2n) is 4.10. The van der Waals surface area contributed by atoms with Crippen LogP contribution in [0, 0.1) is 11.8 Å². The predicted molar refractivity (Wildman–Crippen MR) is 54.1 cm³/mol. The molecule has 2 aliphatic carbocycles. The summed E-state index contributed by atoms with van der Waals surface area (Å²) in [5.41, 5.74) is 0. The van der Waals surface area contributed by atoms with Crippen molar-refractivity contribution in [3.05, 3.63) is 12.2 Å². The molecule has 4 heteroatoms. The molecule has 0 aromatic heterocycles. The molecule has 2 nitrogen and oxygen atoms in total. The number of allylic oxidation sites excluding steroid dienone is 2. The Balaban J connectivity index is 2.10. The zero-order valence-corrected chi connectivity index (χ0v) is 8.90. The second-order valence-corrected chi connectivity index (χ2v) is 8.02. The van der Waals surface area contributed by atoms with E-state index in [-0.39, 0.29) is 4.08 Å². The van der Waals surface area contributed by atoms with Gasteiger partial charge in [0.05, 0.1) is 0 Å². The van der Waals surface area contributed by atoms with Gasteiger partial charge in [-0.25, -0.2) is 0 Å². The van der Waals surface area contributed by atoms with Gasteiger partial charge < -0.3 is 0 Å². The fraction of sp³-hybridized carbons (Fsp3) is 0.778. The van der Waals surface area contributed by atoms with Crippen molar-refractivity contribution >= 4 is 21.6 Å². The summed E-state index contributed by atoms with van der Waals surface area (Å²) >= 11 is 0. The minimum Gasteiger partial charge on any atom is -0.258 e. The van der Waals surface area contributed by atoms with Gasteiger partial charge in [0.1, 0.15) is 4.08 Å². The molecule has 2 bridgehead atoms. The minimum absolute atomic E-state index is 0.320. The van der Waals surface area contributed by atoms with Gasteiger partial charge in [-0.05, 0) is 18.8 Å². The van der Waals surface area contributed by atoms with Crippen molar-refractivity contribution in [2.24, 2.45) is 11.8 Å². The van der Waals surface area contributed by atoms with Gasteiger partial charge in [-0.15, -0.1) is 0 Å². The third-order valence-electron chi connectivity index (χ3n) is 3.51. The van der Waals surface area contributed by atoms with Crippen LogP contribution >= 0.6 is 0 Å². The number of hydrogen-bond acceptors (Lipinski definition) is 2. The van der Waals surface area contributed by atoms with Crippen LogP contribution in [-0.4, -0.2) is 24.0 Å². The average Bonchev–Trinajstić information content (AvgIpc) is 2.77. The molecule has 1 spiro atoms. The van der Waals surface area contributed by atoms with E-state index in [1.54, 1.807) is 0 Å². The second kappa shape index (κ2) is 2.54. The quantitative estimate of drug-likeness (QED) is 0.561. The summed E-state index contributed by atoms with van der Waals surface area (Å²) in [6.45, 7) is 0. The van der Waals surface area contributed by atoms with Crippen LogP contribution in [0.1, 0.15) is 12.8 Å². The molecule has 2 unspecified atom stereocenters. The van der Waals surface area contributed by atoms with Crippen LogP contribution in [-0.2, 0) is 21.6 Å². The average molecular weight is 216 g/mol. The molecule has 13 heavy (non-hydrogen) atoms. The molecule has 0 aromatic carbocycles. The fourth-order valence-electron chi connectivity index (χ4n) is 2.89. The monoisotopic (exact) mass is 216 g/mol. The first kappa shape index (κ1) is 8.36. The molecule has 0 radical (unpaired) electrons. The van der Waals surface area contributed by atoms with Crippen LogP contribution in [0.15, 0.2) is 12.2 Å². The van der Waals surface area contributed by atoms with E-state index in [9.17, 15) is 8.42 Å². The molecule has 3 aliphatic rings. The first-order valence-electron chi connectivity index (χ1n) is 4.69. The van der Waals surface area contributed by atoms with Gasteiger partial charge in [-0.2, -0.15) is 0 Å². The van der Waals surface area contributed by atoms with Crippen molar-refractivity contribution < 1.29 is 8.42 Å². The van der Waals surface area contributed by atoms with Crippen LogP contribution in [0.25, 0.3) is 0 Å². The van der Waals surface area contributed by atoms with E-state index in [1.807, 2.05) is 0 Å². The lowest BCUT2D eigenvalue weighted by Crippen LogP contribution is -2.38.